The topological polar surface area (TPSA) is 111 Å². The number of methoxy groups -OCH3 is 1. The van der Waals surface area contributed by atoms with Crippen LogP contribution in [0.15, 0.2) is 47.5 Å². The van der Waals surface area contributed by atoms with Crippen molar-refractivity contribution in [3.63, 3.8) is 0 Å². The maximum Gasteiger partial charge on any atom is 0.406 e. The van der Waals surface area contributed by atoms with Gasteiger partial charge < -0.3 is 9.47 Å². The lowest BCUT2D eigenvalue weighted by Gasteiger charge is -2.27. The van der Waals surface area contributed by atoms with E-state index in [4.69, 9.17) is 9.47 Å². The van der Waals surface area contributed by atoms with Crippen molar-refractivity contribution >= 4 is 29.0 Å². The van der Waals surface area contributed by atoms with Gasteiger partial charge in [0.2, 0.25) is 0 Å². The summed E-state index contributed by atoms with van der Waals surface area (Å²) in [6.45, 7) is -0.224. The molecule has 1 aliphatic heterocycles. The molecular formula is C21H18F3N3O6. The highest BCUT2D eigenvalue weighted by molar-refractivity contribution is 6.21. The van der Waals surface area contributed by atoms with Gasteiger partial charge >= 0.3 is 12.1 Å². The van der Waals surface area contributed by atoms with Crippen LogP contribution < -0.4 is 9.64 Å². The highest BCUT2D eigenvalue weighted by atomic mass is 19.4. The van der Waals surface area contributed by atoms with Gasteiger partial charge in [0.25, 0.3) is 17.8 Å². The van der Waals surface area contributed by atoms with Crippen molar-refractivity contribution in [1.29, 1.82) is 0 Å². The van der Waals surface area contributed by atoms with Gasteiger partial charge in [0.05, 0.1) is 23.4 Å². The molecule has 0 saturated heterocycles. The van der Waals surface area contributed by atoms with Gasteiger partial charge in [0, 0.05) is 29.7 Å². The number of amides is 1. The van der Waals surface area contributed by atoms with E-state index in [1.807, 2.05) is 0 Å². The summed E-state index contributed by atoms with van der Waals surface area (Å²) in [5.41, 5.74) is -0.0760. The van der Waals surface area contributed by atoms with E-state index >= 15 is 0 Å². The summed E-state index contributed by atoms with van der Waals surface area (Å²) in [4.78, 5) is 40.0. The van der Waals surface area contributed by atoms with Crippen LogP contribution >= 0.6 is 0 Å². The van der Waals surface area contributed by atoms with E-state index in [2.05, 4.69) is 4.99 Å². The molecule has 9 nitrogen and oxygen atoms in total. The number of aliphatic imine (C=N–C) groups is 1. The van der Waals surface area contributed by atoms with Gasteiger partial charge in [0.1, 0.15) is 12.3 Å². The number of carbonyl (C=O) groups is 2. The van der Waals surface area contributed by atoms with Crippen LogP contribution in [0.5, 0.6) is 5.75 Å². The lowest BCUT2D eigenvalue weighted by atomic mass is 9.99. The summed E-state index contributed by atoms with van der Waals surface area (Å²) in [6.07, 6.45) is -6.82. The minimum atomic E-state index is -4.79. The number of non-ortho nitro benzene ring substituents is 1. The quantitative estimate of drug-likeness (QED) is 0.366. The first-order chi connectivity index (χ1) is 15.6. The lowest BCUT2D eigenvalue weighted by molar-refractivity contribution is -0.384. The number of anilines is 1. The largest absolute Gasteiger partial charge is 0.495 e. The van der Waals surface area contributed by atoms with Crippen LogP contribution in [0.3, 0.4) is 0 Å². The number of halogens is 3. The zero-order chi connectivity index (χ0) is 24.3. The minimum absolute atomic E-state index is 0.00530. The van der Waals surface area contributed by atoms with Gasteiger partial charge in [-0.1, -0.05) is 19.1 Å². The normalized spacial score (nSPS) is 15.9. The van der Waals surface area contributed by atoms with Gasteiger partial charge in [-0.2, -0.15) is 13.2 Å². The number of nitro groups is 1. The Morgan fingerprint density at radius 1 is 1.21 bits per heavy atom. The zero-order valence-electron chi connectivity index (χ0n) is 17.5. The van der Waals surface area contributed by atoms with E-state index in [1.54, 1.807) is 0 Å². The molecule has 0 saturated carbocycles. The molecule has 0 radical (unpaired) electrons. The van der Waals surface area contributed by atoms with E-state index < -0.39 is 35.7 Å². The second kappa shape index (κ2) is 9.27. The third-order valence-electron chi connectivity index (χ3n) is 4.69. The molecule has 0 fully saturated rings. The predicted octanol–water partition coefficient (Wildman–Crippen LogP) is 3.63. The second-order valence-electron chi connectivity index (χ2n) is 6.87. The molecule has 1 aliphatic rings. The third kappa shape index (κ3) is 5.10. The van der Waals surface area contributed by atoms with Crippen LogP contribution in [0, 0.1) is 10.1 Å². The zero-order valence-corrected chi connectivity index (χ0v) is 17.5. The van der Waals surface area contributed by atoms with Crippen LogP contribution in [-0.2, 0) is 14.3 Å². The van der Waals surface area contributed by atoms with E-state index in [9.17, 15) is 32.9 Å². The third-order valence-corrected chi connectivity index (χ3v) is 4.69. The Morgan fingerprint density at radius 3 is 2.42 bits per heavy atom. The SMILES string of the molecule is CCC(=O)OC1N=C(c2ccc([N+](=O)[O-])cc2)c2cccc(OC)c2N(CC(F)(F)F)C1=O. The Morgan fingerprint density at radius 2 is 1.88 bits per heavy atom. The number of rotatable bonds is 6. The van der Waals surface area contributed by atoms with Crippen molar-refractivity contribution in [3.8, 4) is 5.75 Å². The number of esters is 1. The van der Waals surface area contributed by atoms with Crippen LogP contribution in [0.2, 0.25) is 0 Å². The molecule has 0 N–H and O–H groups in total. The maximum atomic E-state index is 13.4. The number of benzodiazepines with no additional fused rings is 1. The molecule has 33 heavy (non-hydrogen) atoms. The fourth-order valence-electron chi connectivity index (χ4n) is 3.23. The molecule has 0 bridgehead atoms. The Hall–Kier alpha value is -3.96. The Labute approximate surface area is 185 Å². The first-order valence-corrected chi connectivity index (χ1v) is 9.63. The smallest absolute Gasteiger partial charge is 0.406 e. The molecule has 1 atom stereocenters. The molecule has 0 aliphatic carbocycles. The Balaban J connectivity index is 2.27. The number of hydrogen-bond acceptors (Lipinski definition) is 7. The summed E-state index contributed by atoms with van der Waals surface area (Å²) in [7, 11) is 1.23. The molecule has 12 heteroatoms. The average molecular weight is 465 g/mol. The predicted molar refractivity (Wildman–Crippen MR) is 110 cm³/mol. The van der Waals surface area contributed by atoms with Gasteiger partial charge in [-0.25, -0.2) is 4.99 Å². The fraction of sp³-hybridized carbons (Fsp3) is 0.286. The number of nitro benzene ring substituents is 1. The minimum Gasteiger partial charge on any atom is -0.495 e. The van der Waals surface area contributed by atoms with Crippen molar-refractivity contribution in [2.24, 2.45) is 4.99 Å². The van der Waals surface area contributed by atoms with Crippen LogP contribution in [-0.4, -0.2) is 48.6 Å². The maximum absolute atomic E-state index is 13.4. The summed E-state index contributed by atoms with van der Waals surface area (Å²) in [5.74, 6) is -2.09. The molecule has 0 spiro atoms. The second-order valence-corrected chi connectivity index (χ2v) is 6.87. The molecule has 1 amide bonds. The van der Waals surface area contributed by atoms with Crippen molar-refractivity contribution in [3.05, 3.63) is 63.7 Å². The Kier molecular flexibility index (Phi) is 6.65. The first-order valence-electron chi connectivity index (χ1n) is 9.63. The first kappa shape index (κ1) is 23.7. The van der Waals surface area contributed by atoms with E-state index in [0.29, 0.717) is 4.90 Å². The summed E-state index contributed by atoms with van der Waals surface area (Å²) in [5, 5.41) is 11.0. The summed E-state index contributed by atoms with van der Waals surface area (Å²) >= 11 is 0. The molecule has 3 rings (SSSR count). The summed E-state index contributed by atoms with van der Waals surface area (Å²) < 4.78 is 50.6. The number of benzene rings is 2. The number of fused-ring (bicyclic) bond motifs is 1. The van der Waals surface area contributed by atoms with Crippen molar-refractivity contribution in [2.75, 3.05) is 18.6 Å². The van der Waals surface area contributed by atoms with E-state index in [0.717, 1.165) is 0 Å². The standard InChI is InChI=1S/C21H18F3N3O6/c1-3-16(28)33-19-20(29)26(11-21(22,23)24)18-14(5-4-6-15(18)32-2)17(25-19)12-7-9-13(10-8-12)27(30)31/h4-10,19H,3,11H2,1-2H3. The van der Waals surface area contributed by atoms with Crippen molar-refractivity contribution in [2.45, 2.75) is 25.7 Å². The lowest BCUT2D eigenvalue weighted by Crippen LogP contribution is -2.45. The molecule has 2 aromatic rings. The van der Waals surface area contributed by atoms with Crippen LogP contribution in [0.4, 0.5) is 24.5 Å². The van der Waals surface area contributed by atoms with Gasteiger partial charge in [-0.3, -0.25) is 24.6 Å². The number of ether oxygens (including phenoxy) is 2. The molecular weight excluding hydrogens is 447 g/mol. The average Bonchev–Trinajstić information content (AvgIpc) is 2.88. The van der Waals surface area contributed by atoms with Crippen molar-refractivity contribution in [1.82, 2.24) is 0 Å². The van der Waals surface area contributed by atoms with E-state index in [-0.39, 0.29) is 40.4 Å². The van der Waals surface area contributed by atoms with Gasteiger partial charge in [0.15, 0.2) is 0 Å². The summed E-state index contributed by atoms with van der Waals surface area (Å²) in [6, 6.07) is 9.34. The van der Waals surface area contributed by atoms with Crippen LogP contribution in [0.25, 0.3) is 0 Å². The van der Waals surface area contributed by atoms with Crippen molar-refractivity contribution < 1.29 is 37.2 Å². The number of alkyl halides is 3. The molecule has 1 unspecified atom stereocenters. The molecule has 2 aromatic carbocycles. The molecule has 0 aromatic heterocycles. The van der Waals surface area contributed by atoms with Gasteiger partial charge in [-0.15, -0.1) is 0 Å². The fourth-order valence-corrected chi connectivity index (χ4v) is 3.23. The number of carbonyl (C=O) groups excluding carboxylic acids is 2. The molecule has 1 heterocycles. The van der Waals surface area contributed by atoms with Crippen LogP contribution in [0.1, 0.15) is 24.5 Å². The highest BCUT2D eigenvalue weighted by Crippen LogP contribution is 2.38. The highest BCUT2D eigenvalue weighted by Gasteiger charge is 2.42. The number of hydrogen-bond donors (Lipinski definition) is 0. The number of para-hydroxylation sites is 1. The monoisotopic (exact) mass is 465 g/mol. The Bertz CT molecular complexity index is 1120. The molecule has 174 valence electrons. The number of nitrogens with zero attached hydrogens (tertiary/aromatic N) is 3. The van der Waals surface area contributed by atoms with E-state index in [1.165, 1.54) is 56.5 Å². The van der Waals surface area contributed by atoms with Gasteiger partial charge in [-0.05, 0) is 18.2 Å².